The minimum absolute atomic E-state index is 0.0569. The van der Waals surface area contributed by atoms with Crippen molar-refractivity contribution in [3.05, 3.63) is 0 Å². The molecule has 0 aromatic rings. The number of ether oxygens (including phenoxy) is 1. The first-order valence-electron chi connectivity index (χ1n) is 5.37. The van der Waals surface area contributed by atoms with Crippen LogP contribution in [0.5, 0.6) is 0 Å². The molecule has 1 saturated carbocycles. The van der Waals surface area contributed by atoms with Crippen molar-refractivity contribution in [2.45, 2.75) is 52.2 Å². The Hall–Kier alpha value is -0.610. The van der Waals surface area contributed by atoms with E-state index in [9.17, 15) is 5.11 Å². The van der Waals surface area contributed by atoms with Crippen molar-refractivity contribution in [2.24, 2.45) is 10.6 Å². The summed E-state index contributed by atoms with van der Waals surface area (Å²) < 4.78 is 5.45. The van der Waals surface area contributed by atoms with Gasteiger partial charge in [-0.15, -0.1) is 0 Å². The summed E-state index contributed by atoms with van der Waals surface area (Å²) >= 11 is 0. The SMILES string of the molecule is CCO[C@H]1/C(=N/O)CC(C)(C)C[C@@]1(C)O. The van der Waals surface area contributed by atoms with Gasteiger partial charge in [0.1, 0.15) is 6.10 Å². The van der Waals surface area contributed by atoms with Crippen LogP contribution in [0.1, 0.15) is 40.5 Å². The van der Waals surface area contributed by atoms with E-state index in [1.807, 2.05) is 6.92 Å². The molecule has 4 nitrogen and oxygen atoms in total. The smallest absolute Gasteiger partial charge is 0.127 e. The van der Waals surface area contributed by atoms with Gasteiger partial charge < -0.3 is 15.1 Å². The molecule has 1 fully saturated rings. The van der Waals surface area contributed by atoms with Gasteiger partial charge in [-0.2, -0.15) is 0 Å². The third-order valence-corrected chi connectivity index (χ3v) is 2.83. The Morgan fingerprint density at radius 3 is 2.53 bits per heavy atom. The van der Waals surface area contributed by atoms with Gasteiger partial charge in [0.2, 0.25) is 0 Å². The fourth-order valence-corrected chi connectivity index (χ4v) is 2.60. The van der Waals surface area contributed by atoms with Crippen molar-refractivity contribution in [1.82, 2.24) is 0 Å². The minimum Gasteiger partial charge on any atom is -0.411 e. The number of nitrogens with zero attached hydrogens (tertiary/aromatic N) is 1. The van der Waals surface area contributed by atoms with E-state index in [4.69, 9.17) is 9.94 Å². The maximum absolute atomic E-state index is 10.3. The first-order chi connectivity index (χ1) is 6.82. The molecule has 0 bridgehead atoms. The highest BCUT2D eigenvalue weighted by Gasteiger charge is 2.47. The van der Waals surface area contributed by atoms with Crippen LogP contribution < -0.4 is 0 Å². The molecule has 0 saturated heterocycles. The topological polar surface area (TPSA) is 62.0 Å². The zero-order chi connectivity index (χ0) is 11.7. The Balaban J connectivity index is 2.95. The molecular weight excluding hydrogens is 194 g/mol. The van der Waals surface area contributed by atoms with Gasteiger partial charge in [0, 0.05) is 6.61 Å². The third-order valence-electron chi connectivity index (χ3n) is 2.83. The van der Waals surface area contributed by atoms with E-state index < -0.39 is 11.7 Å². The highest BCUT2D eigenvalue weighted by Crippen LogP contribution is 2.40. The van der Waals surface area contributed by atoms with Crippen molar-refractivity contribution in [3.8, 4) is 0 Å². The molecular formula is C11H21NO3. The standard InChI is InChI=1S/C11H21NO3/c1-5-15-9-8(12-14)6-10(2,3)7-11(9,4)13/h9,13-14H,5-7H2,1-4H3/b12-8+/t9-,11+/m0/s1. The summed E-state index contributed by atoms with van der Waals surface area (Å²) in [6.07, 6.45) is 0.814. The second-order valence-electron chi connectivity index (χ2n) is 5.30. The molecule has 1 aliphatic rings. The van der Waals surface area contributed by atoms with Crippen LogP contribution in [0, 0.1) is 5.41 Å². The van der Waals surface area contributed by atoms with Crippen LogP contribution in [0.25, 0.3) is 0 Å². The largest absolute Gasteiger partial charge is 0.411 e. The summed E-state index contributed by atoms with van der Waals surface area (Å²) in [4.78, 5) is 0. The average molecular weight is 215 g/mol. The molecule has 0 heterocycles. The Morgan fingerprint density at radius 1 is 1.47 bits per heavy atom. The summed E-state index contributed by atoms with van der Waals surface area (Å²) in [5.41, 5.74) is -0.476. The molecule has 1 aliphatic carbocycles. The molecule has 1 rings (SSSR count). The van der Waals surface area contributed by atoms with E-state index in [2.05, 4.69) is 19.0 Å². The first kappa shape index (κ1) is 12.5. The molecule has 0 aromatic heterocycles. The van der Waals surface area contributed by atoms with Crippen LogP contribution >= 0.6 is 0 Å². The maximum atomic E-state index is 10.3. The van der Waals surface area contributed by atoms with E-state index in [1.165, 1.54) is 0 Å². The minimum atomic E-state index is -0.959. The molecule has 4 heteroatoms. The second kappa shape index (κ2) is 4.10. The number of hydrogen-bond acceptors (Lipinski definition) is 4. The van der Waals surface area contributed by atoms with Crippen LogP contribution in [-0.2, 0) is 4.74 Å². The Kier molecular flexibility index (Phi) is 3.41. The summed E-state index contributed by atoms with van der Waals surface area (Å²) in [6, 6.07) is 0. The van der Waals surface area contributed by atoms with Crippen molar-refractivity contribution in [2.75, 3.05) is 6.61 Å². The number of oxime groups is 1. The van der Waals surface area contributed by atoms with Gasteiger partial charge in [0.05, 0.1) is 11.3 Å². The summed E-state index contributed by atoms with van der Waals surface area (Å²) in [6.45, 7) is 8.20. The van der Waals surface area contributed by atoms with Crippen molar-refractivity contribution < 1.29 is 15.1 Å². The monoisotopic (exact) mass is 215 g/mol. The van der Waals surface area contributed by atoms with Gasteiger partial charge in [-0.05, 0) is 32.1 Å². The predicted molar refractivity (Wildman–Crippen MR) is 58.3 cm³/mol. The van der Waals surface area contributed by atoms with Crippen molar-refractivity contribution >= 4 is 5.71 Å². The van der Waals surface area contributed by atoms with Crippen molar-refractivity contribution in [3.63, 3.8) is 0 Å². The zero-order valence-corrected chi connectivity index (χ0v) is 9.95. The molecule has 2 atom stereocenters. The molecule has 0 aliphatic heterocycles. The fourth-order valence-electron chi connectivity index (χ4n) is 2.60. The van der Waals surface area contributed by atoms with Crippen LogP contribution in [0.2, 0.25) is 0 Å². The van der Waals surface area contributed by atoms with E-state index in [-0.39, 0.29) is 5.41 Å². The summed E-state index contributed by atoms with van der Waals surface area (Å²) in [7, 11) is 0. The Labute approximate surface area is 90.9 Å². The summed E-state index contributed by atoms with van der Waals surface area (Å²) in [5.74, 6) is 0. The molecule has 15 heavy (non-hydrogen) atoms. The van der Waals surface area contributed by atoms with Gasteiger partial charge in [0.15, 0.2) is 0 Å². The first-order valence-corrected chi connectivity index (χ1v) is 5.37. The van der Waals surface area contributed by atoms with E-state index >= 15 is 0 Å². The molecule has 0 aromatic carbocycles. The lowest BCUT2D eigenvalue weighted by atomic mass is 9.68. The number of hydrogen-bond donors (Lipinski definition) is 2. The van der Waals surface area contributed by atoms with Gasteiger partial charge in [-0.3, -0.25) is 0 Å². The normalized spacial score (nSPS) is 38.2. The van der Waals surface area contributed by atoms with E-state index in [0.29, 0.717) is 25.2 Å². The van der Waals surface area contributed by atoms with Crippen LogP contribution in [0.3, 0.4) is 0 Å². The molecule has 0 unspecified atom stereocenters. The van der Waals surface area contributed by atoms with Gasteiger partial charge >= 0.3 is 0 Å². The zero-order valence-electron chi connectivity index (χ0n) is 9.95. The molecule has 0 radical (unpaired) electrons. The Bertz CT molecular complexity index is 259. The van der Waals surface area contributed by atoms with Crippen LogP contribution in [0.4, 0.5) is 0 Å². The van der Waals surface area contributed by atoms with Crippen LogP contribution in [0.15, 0.2) is 5.16 Å². The van der Waals surface area contributed by atoms with Crippen molar-refractivity contribution in [1.29, 1.82) is 0 Å². The molecule has 2 N–H and O–H groups in total. The molecule has 0 spiro atoms. The molecule has 0 amide bonds. The van der Waals surface area contributed by atoms with Gasteiger partial charge in [-0.1, -0.05) is 19.0 Å². The highest BCUT2D eigenvalue weighted by molar-refractivity contribution is 5.90. The quantitative estimate of drug-likeness (QED) is 0.545. The lowest BCUT2D eigenvalue weighted by Crippen LogP contribution is -2.54. The number of aliphatic hydroxyl groups is 1. The Morgan fingerprint density at radius 2 is 2.07 bits per heavy atom. The second-order valence-corrected chi connectivity index (χ2v) is 5.30. The average Bonchev–Trinajstić information content (AvgIpc) is 2.07. The maximum Gasteiger partial charge on any atom is 0.127 e. The third kappa shape index (κ3) is 2.69. The summed E-state index contributed by atoms with van der Waals surface area (Å²) in [5, 5.41) is 22.5. The predicted octanol–water partition coefficient (Wildman–Crippen LogP) is 1.79. The van der Waals surface area contributed by atoms with Gasteiger partial charge in [0.25, 0.3) is 0 Å². The van der Waals surface area contributed by atoms with E-state index in [0.717, 1.165) is 0 Å². The lowest BCUT2D eigenvalue weighted by Gasteiger charge is -2.44. The number of rotatable bonds is 2. The lowest BCUT2D eigenvalue weighted by molar-refractivity contribution is -0.0967. The fraction of sp³-hybridized carbons (Fsp3) is 0.909. The highest BCUT2D eigenvalue weighted by atomic mass is 16.5. The van der Waals surface area contributed by atoms with E-state index in [1.54, 1.807) is 6.92 Å². The molecule has 88 valence electrons. The van der Waals surface area contributed by atoms with Gasteiger partial charge in [-0.25, -0.2) is 0 Å². The van der Waals surface area contributed by atoms with Crippen LogP contribution in [-0.4, -0.2) is 34.3 Å².